The first-order chi connectivity index (χ1) is 4.92. The van der Waals surface area contributed by atoms with Gasteiger partial charge in [0.2, 0.25) is 5.91 Å². The van der Waals surface area contributed by atoms with Crippen molar-refractivity contribution in [1.29, 1.82) is 0 Å². The average molecular weight is 175 g/mol. The van der Waals surface area contributed by atoms with Crippen LogP contribution in [0.1, 0.15) is 33.6 Å². The second-order valence-electron chi connectivity index (χ2n) is 3.35. The van der Waals surface area contributed by atoms with Crippen LogP contribution in [0.5, 0.6) is 0 Å². The summed E-state index contributed by atoms with van der Waals surface area (Å²) >= 11 is 4.28. The highest BCUT2D eigenvalue weighted by Crippen LogP contribution is 2.26. The Hall–Kier alpha value is -0.180. The van der Waals surface area contributed by atoms with Crippen molar-refractivity contribution in [3.8, 4) is 0 Å². The van der Waals surface area contributed by atoms with Gasteiger partial charge in [0.25, 0.3) is 0 Å². The molecule has 11 heavy (non-hydrogen) atoms. The fourth-order valence-corrected chi connectivity index (χ4v) is 1.46. The smallest absolute Gasteiger partial charge is 0.233 e. The monoisotopic (exact) mass is 175 g/mol. The molecule has 1 unspecified atom stereocenters. The maximum atomic E-state index is 10.9. The highest BCUT2D eigenvalue weighted by molar-refractivity contribution is 7.82. The maximum Gasteiger partial charge on any atom is 0.233 e. The molecule has 2 nitrogen and oxygen atoms in total. The van der Waals surface area contributed by atoms with Crippen molar-refractivity contribution >= 4 is 18.5 Å². The molecule has 0 rings (SSSR count). The summed E-state index contributed by atoms with van der Waals surface area (Å²) in [5, 5.41) is 0. The first-order valence-corrected chi connectivity index (χ1v) is 4.39. The van der Waals surface area contributed by atoms with Gasteiger partial charge in [0.05, 0.1) is 4.75 Å². The molecular formula is C8H17NOS. The Labute approximate surface area is 74.0 Å². The minimum Gasteiger partial charge on any atom is -0.368 e. The normalized spacial score (nSPS) is 16.5. The molecule has 0 aliphatic rings. The predicted octanol–water partition coefficient (Wildman–Crippen LogP) is 1.60. The van der Waals surface area contributed by atoms with E-state index in [1.165, 1.54) is 0 Å². The number of thiol groups is 1. The summed E-state index contributed by atoms with van der Waals surface area (Å²) in [5.41, 5.74) is 5.21. The molecule has 1 atom stereocenters. The van der Waals surface area contributed by atoms with Gasteiger partial charge < -0.3 is 5.73 Å². The molecule has 0 aromatic carbocycles. The highest BCUT2D eigenvalue weighted by atomic mass is 32.1. The zero-order chi connectivity index (χ0) is 9.07. The Balaban J connectivity index is 4.22. The quantitative estimate of drug-likeness (QED) is 0.626. The van der Waals surface area contributed by atoms with E-state index in [1.54, 1.807) is 0 Å². The van der Waals surface area contributed by atoms with Crippen molar-refractivity contribution in [1.82, 2.24) is 0 Å². The zero-order valence-corrected chi connectivity index (χ0v) is 8.32. The Kier molecular flexibility index (Phi) is 3.93. The molecule has 3 heteroatoms. The van der Waals surface area contributed by atoms with E-state index >= 15 is 0 Å². The summed E-state index contributed by atoms with van der Waals surface area (Å²) in [7, 11) is 0. The summed E-state index contributed by atoms with van der Waals surface area (Å²) in [6.07, 6.45) is 1.45. The van der Waals surface area contributed by atoms with Gasteiger partial charge in [0.1, 0.15) is 0 Å². The highest BCUT2D eigenvalue weighted by Gasteiger charge is 2.30. The molecule has 0 heterocycles. The van der Waals surface area contributed by atoms with Gasteiger partial charge in [-0.1, -0.05) is 20.8 Å². The number of hydrogen-bond acceptors (Lipinski definition) is 2. The number of rotatable bonds is 4. The van der Waals surface area contributed by atoms with Crippen LogP contribution in [0, 0.1) is 5.92 Å². The second-order valence-corrected chi connectivity index (χ2v) is 4.20. The summed E-state index contributed by atoms with van der Waals surface area (Å²) < 4.78 is -0.603. The van der Waals surface area contributed by atoms with Gasteiger partial charge >= 0.3 is 0 Å². The van der Waals surface area contributed by atoms with Crippen LogP contribution in [-0.4, -0.2) is 10.7 Å². The molecular weight excluding hydrogens is 158 g/mol. The van der Waals surface area contributed by atoms with Crippen LogP contribution in [0.4, 0.5) is 0 Å². The van der Waals surface area contributed by atoms with Crippen LogP contribution < -0.4 is 5.73 Å². The second kappa shape index (κ2) is 4.00. The minimum atomic E-state index is -0.603. The molecule has 0 saturated carbocycles. The predicted molar refractivity (Wildman–Crippen MR) is 50.7 cm³/mol. The molecule has 0 saturated heterocycles. The SMILES string of the molecule is CCC(S)(CC(C)C)C(N)=O. The number of nitrogens with two attached hydrogens (primary N) is 1. The van der Waals surface area contributed by atoms with E-state index in [-0.39, 0.29) is 5.91 Å². The average Bonchev–Trinajstić information content (AvgIpc) is 1.86. The Morgan fingerprint density at radius 1 is 1.64 bits per heavy atom. The topological polar surface area (TPSA) is 43.1 Å². The van der Waals surface area contributed by atoms with Crippen LogP contribution >= 0.6 is 12.6 Å². The molecule has 0 fully saturated rings. The summed E-state index contributed by atoms with van der Waals surface area (Å²) in [5.74, 6) is 0.150. The Morgan fingerprint density at radius 2 is 2.09 bits per heavy atom. The van der Waals surface area contributed by atoms with Gasteiger partial charge in [-0.05, 0) is 18.8 Å². The Morgan fingerprint density at radius 3 is 2.18 bits per heavy atom. The number of primary amides is 1. The number of carbonyl (C=O) groups is 1. The lowest BCUT2D eigenvalue weighted by molar-refractivity contribution is -0.120. The molecule has 0 radical (unpaired) electrons. The van der Waals surface area contributed by atoms with E-state index in [1.807, 2.05) is 6.92 Å². The van der Waals surface area contributed by atoms with E-state index in [4.69, 9.17) is 5.73 Å². The van der Waals surface area contributed by atoms with E-state index in [0.29, 0.717) is 12.3 Å². The van der Waals surface area contributed by atoms with Crippen molar-refractivity contribution in [2.24, 2.45) is 11.7 Å². The van der Waals surface area contributed by atoms with E-state index in [0.717, 1.165) is 6.42 Å². The van der Waals surface area contributed by atoms with Crippen molar-refractivity contribution in [2.45, 2.75) is 38.4 Å². The minimum absolute atomic E-state index is 0.308. The van der Waals surface area contributed by atoms with Gasteiger partial charge in [0.15, 0.2) is 0 Å². The zero-order valence-electron chi connectivity index (χ0n) is 7.42. The van der Waals surface area contributed by atoms with Crippen molar-refractivity contribution in [2.75, 3.05) is 0 Å². The van der Waals surface area contributed by atoms with Crippen LogP contribution in [0.2, 0.25) is 0 Å². The molecule has 2 N–H and O–H groups in total. The third-order valence-electron chi connectivity index (χ3n) is 1.79. The third-order valence-corrected chi connectivity index (χ3v) is 2.51. The number of carbonyl (C=O) groups excluding carboxylic acids is 1. The first-order valence-electron chi connectivity index (χ1n) is 3.94. The van der Waals surface area contributed by atoms with Gasteiger partial charge in [0, 0.05) is 0 Å². The molecule has 0 aromatic heterocycles. The maximum absolute atomic E-state index is 10.9. The third kappa shape index (κ3) is 3.14. The standard InChI is InChI=1S/C8H17NOS/c1-4-8(11,7(9)10)5-6(2)3/h6,11H,4-5H2,1-3H3,(H2,9,10). The number of amides is 1. The molecule has 0 aromatic rings. The van der Waals surface area contributed by atoms with E-state index in [2.05, 4.69) is 26.5 Å². The van der Waals surface area contributed by atoms with Gasteiger partial charge in [-0.3, -0.25) is 4.79 Å². The van der Waals surface area contributed by atoms with Crippen molar-refractivity contribution in [3.63, 3.8) is 0 Å². The first kappa shape index (κ1) is 10.8. The molecule has 1 amide bonds. The van der Waals surface area contributed by atoms with E-state index < -0.39 is 4.75 Å². The van der Waals surface area contributed by atoms with E-state index in [9.17, 15) is 4.79 Å². The van der Waals surface area contributed by atoms with Gasteiger partial charge in [-0.15, -0.1) is 0 Å². The number of hydrogen-bond donors (Lipinski definition) is 2. The van der Waals surface area contributed by atoms with Crippen molar-refractivity contribution < 1.29 is 4.79 Å². The molecule has 0 aliphatic heterocycles. The molecule has 0 aliphatic carbocycles. The largest absolute Gasteiger partial charge is 0.368 e. The van der Waals surface area contributed by atoms with Crippen LogP contribution in [0.15, 0.2) is 0 Å². The summed E-state index contributed by atoms with van der Waals surface area (Å²) in [4.78, 5) is 10.9. The molecule has 66 valence electrons. The molecule has 0 spiro atoms. The van der Waals surface area contributed by atoms with Gasteiger partial charge in [-0.2, -0.15) is 12.6 Å². The fourth-order valence-electron chi connectivity index (χ4n) is 1.09. The van der Waals surface area contributed by atoms with Gasteiger partial charge in [-0.25, -0.2) is 0 Å². The summed E-state index contributed by atoms with van der Waals surface area (Å²) in [6, 6.07) is 0. The van der Waals surface area contributed by atoms with Crippen molar-refractivity contribution in [3.05, 3.63) is 0 Å². The Bertz CT molecular complexity index is 147. The molecule has 0 bridgehead atoms. The lowest BCUT2D eigenvalue weighted by Crippen LogP contribution is -2.39. The summed E-state index contributed by atoms with van der Waals surface area (Å²) in [6.45, 7) is 6.05. The fraction of sp³-hybridized carbons (Fsp3) is 0.875. The lowest BCUT2D eigenvalue weighted by atomic mass is 9.93. The lowest BCUT2D eigenvalue weighted by Gasteiger charge is -2.24. The van der Waals surface area contributed by atoms with Crippen LogP contribution in [0.25, 0.3) is 0 Å². The van der Waals surface area contributed by atoms with Crippen LogP contribution in [-0.2, 0) is 4.79 Å². The van der Waals surface area contributed by atoms with Crippen LogP contribution in [0.3, 0.4) is 0 Å².